The number of rotatable bonds is 8. The number of aromatic amines is 1. The molecule has 1 aliphatic carbocycles. The van der Waals surface area contributed by atoms with Gasteiger partial charge >= 0.3 is 5.69 Å². The van der Waals surface area contributed by atoms with Crippen LogP contribution in [0.4, 0.5) is 11.5 Å². The summed E-state index contributed by atoms with van der Waals surface area (Å²) >= 11 is 0. The number of H-pyrrole nitrogens is 1. The highest BCUT2D eigenvalue weighted by atomic mass is 16.2. The molecule has 192 valence electrons. The average Bonchev–Trinajstić information content (AvgIpc) is 3.07. The number of hydrogen-bond donors (Lipinski definition) is 2. The smallest absolute Gasteiger partial charge is 0.330 e. The Labute approximate surface area is 209 Å². The Morgan fingerprint density at radius 1 is 1.08 bits per heavy atom. The highest BCUT2D eigenvalue weighted by molar-refractivity contribution is 6.09. The van der Waals surface area contributed by atoms with E-state index in [0.29, 0.717) is 19.3 Å². The van der Waals surface area contributed by atoms with Crippen molar-refractivity contribution in [3.8, 4) is 0 Å². The van der Waals surface area contributed by atoms with Crippen molar-refractivity contribution < 1.29 is 14.4 Å². The lowest BCUT2D eigenvalue weighted by molar-refractivity contribution is -0.145. The first-order valence-corrected chi connectivity index (χ1v) is 12.6. The number of carbonyl (C=O) groups excluding carboxylic acids is 3. The van der Waals surface area contributed by atoms with Gasteiger partial charge in [0, 0.05) is 13.0 Å². The summed E-state index contributed by atoms with van der Waals surface area (Å²) in [5.74, 6) is -1.42. The predicted molar refractivity (Wildman–Crippen MR) is 135 cm³/mol. The summed E-state index contributed by atoms with van der Waals surface area (Å²) in [6.07, 6.45) is 5.65. The Morgan fingerprint density at radius 2 is 1.78 bits per heavy atom. The van der Waals surface area contributed by atoms with E-state index in [-0.39, 0.29) is 42.8 Å². The van der Waals surface area contributed by atoms with E-state index in [1.165, 1.54) is 9.47 Å². The molecule has 4 rings (SSSR count). The quantitative estimate of drug-likeness (QED) is 0.538. The number of nitrogens with one attached hydrogen (secondary N) is 1. The van der Waals surface area contributed by atoms with Gasteiger partial charge in [-0.3, -0.25) is 38.5 Å². The van der Waals surface area contributed by atoms with Crippen LogP contribution in [0.3, 0.4) is 0 Å². The monoisotopic (exact) mass is 495 g/mol. The van der Waals surface area contributed by atoms with Crippen molar-refractivity contribution in [2.75, 3.05) is 17.2 Å². The molecule has 2 aromatic rings. The summed E-state index contributed by atoms with van der Waals surface area (Å²) in [5.41, 5.74) is 4.69. The number of anilines is 2. The fourth-order valence-corrected chi connectivity index (χ4v) is 5.29. The van der Waals surface area contributed by atoms with Gasteiger partial charge in [0.2, 0.25) is 17.7 Å². The van der Waals surface area contributed by atoms with Gasteiger partial charge < -0.3 is 5.73 Å². The lowest BCUT2D eigenvalue weighted by Gasteiger charge is -2.31. The van der Waals surface area contributed by atoms with E-state index < -0.39 is 29.1 Å². The molecule has 0 atom stereocenters. The maximum absolute atomic E-state index is 13.7. The Morgan fingerprint density at radius 3 is 2.44 bits per heavy atom. The second-order valence-corrected chi connectivity index (χ2v) is 9.77. The van der Waals surface area contributed by atoms with Crippen LogP contribution in [0.15, 0.2) is 39.9 Å². The van der Waals surface area contributed by atoms with Gasteiger partial charge in [-0.1, -0.05) is 62.9 Å². The van der Waals surface area contributed by atoms with E-state index in [9.17, 15) is 24.0 Å². The van der Waals surface area contributed by atoms with Crippen molar-refractivity contribution in [3.05, 3.63) is 56.7 Å². The fourth-order valence-electron chi connectivity index (χ4n) is 5.29. The molecule has 1 aromatic heterocycles. The van der Waals surface area contributed by atoms with Gasteiger partial charge in [-0.2, -0.15) is 0 Å². The van der Waals surface area contributed by atoms with Crippen LogP contribution in [-0.2, 0) is 27.5 Å². The average molecular weight is 496 g/mol. The van der Waals surface area contributed by atoms with Crippen LogP contribution in [0.1, 0.15) is 63.9 Å². The summed E-state index contributed by atoms with van der Waals surface area (Å²) in [7, 11) is 0. The highest BCUT2D eigenvalue weighted by Crippen LogP contribution is 2.45. The van der Waals surface area contributed by atoms with Crippen molar-refractivity contribution in [1.29, 1.82) is 0 Å². The van der Waals surface area contributed by atoms with E-state index in [4.69, 9.17) is 5.73 Å². The standard InChI is InChI=1S/C26H33N5O5/c1-2-3-14-29-22(27)21(23(34)28-25(29)36)30(16-18-10-6-4-7-11-18)20(33)17-31-19(32)15-26(24(31)35)12-8-5-9-13-26/h4,6-7,10-11H,2-3,5,8-9,12-17,27H2,1H3,(H,28,34,36). The van der Waals surface area contributed by atoms with E-state index in [1.54, 1.807) is 24.3 Å². The third-order valence-corrected chi connectivity index (χ3v) is 7.30. The van der Waals surface area contributed by atoms with Crippen molar-refractivity contribution >= 4 is 29.2 Å². The Bertz CT molecular complexity index is 1260. The Hall–Kier alpha value is -3.69. The number of unbranched alkanes of at least 4 members (excludes halogenated alkanes) is 1. The van der Waals surface area contributed by atoms with E-state index in [1.807, 2.05) is 13.0 Å². The molecule has 36 heavy (non-hydrogen) atoms. The molecule has 0 bridgehead atoms. The molecular weight excluding hydrogens is 462 g/mol. The zero-order valence-electron chi connectivity index (χ0n) is 20.6. The molecule has 1 spiro atoms. The number of nitrogen functional groups attached to an aromatic ring is 1. The van der Waals surface area contributed by atoms with E-state index in [0.717, 1.165) is 36.1 Å². The fraction of sp³-hybridized carbons (Fsp3) is 0.500. The number of carbonyl (C=O) groups is 3. The number of likely N-dealkylation sites (tertiary alicyclic amines) is 1. The third-order valence-electron chi connectivity index (χ3n) is 7.30. The number of imide groups is 1. The Kier molecular flexibility index (Phi) is 7.42. The lowest BCUT2D eigenvalue weighted by atomic mass is 9.73. The van der Waals surface area contributed by atoms with Crippen LogP contribution in [0.25, 0.3) is 0 Å². The van der Waals surface area contributed by atoms with Gasteiger partial charge in [0.25, 0.3) is 5.56 Å². The van der Waals surface area contributed by atoms with Crippen molar-refractivity contribution in [1.82, 2.24) is 14.5 Å². The minimum absolute atomic E-state index is 0.0136. The molecule has 10 heteroatoms. The predicted octanol–water partition coefficient (Wildman–Crippen LogP) is 2.16. The van der Waals surface area contributed by atoms with Gasteiger partial charge in [-0.05, 0) is 24.8 Å². The molecule has 2 fully saturated rings. The molecule has 3 amide bonds. The second kappa shape index (κ2) is 10.5. The molecule has 10 nitrogen and oxygen atoms in total. The summed E-state index contributed by atoms with van der Waals surface area (Å²) in [6.45, 7) is 1.74. The number of nitrogens with two attached hydrogens (primary N) is 1. The second-order valence-electron chi connectivity index (χ2n) is 9.77. The third kappa shape index (κ3) is 4.84. The first kappa shape index (κ1) is 25.4. The molecule has 0 radical (unpaired) electrons. The van der Waals surface area contributed by atoms with Crippen LogP contribution >= 0.6 is 0 Å². The maximum Gasteiger partial charge on any atom is 0.330 e. The molecular formula is C26H33N5O5. The number of benzene rings is 1. The van der Waals surface area contributed by atoms with E-state index in [2.05, 4.69) is 4.98 Å². The van der Waals surface area contributed by atoms with Crippen LogP contribution < -0.4 is 21.9 Å². The number of amides is 3. The van der Waals surface area contributed by atoms with Crippen molar-refractivity contribution in [2.24, 2.45) is 5.41 Å². The van der Waals surface area contributed by atoms with Crippen molar-refractivity contribution in [2.45, 2.75) is 71.4 Å². The van der Waals surface area contributed by atoms with Crippen LogP contribution in [-0.4, -0.2) is 38.7 Å². The SMILES string of the molecule is CCCCn1c(N)c(N(Cc2ccccc2)C(=O)CN2C(=O)CC3(CCCCC3)C2=O)c(=O)[nH]c1=O. The van der Waals surface area contributed by atoms with Crippen LogP contribution in [0.2, 0.25) is 0 Å². The Balaban J connectivity index is 1.70. The van der Waals surface area contributed by atoms with Gasteiger partial charge in [-0.15, -0.1) is 0 Å². The molecule has 1 aromatic carbocycles. The van der Waals surface area contributed by atoms with Gasteiger partial charge in [0.15, 0.2) is 5.69 Å². The molecule has 1 aliphatic heterocycles. The minimum atomic E-state index is -0.794. The number of nitrogens with zero attached hydrogens (tertiary/aromatic N) is 3. The number of aromatic nitrogens is 2. The maximum atomic E-state index is 13.7. The molecule has 0 unspecified atom stereocenters. The molecule has 1 saturated heterocycles. The summed E-state index contributed by atoms with van der Waals surface area (Å²) in [4.78, 5) is 69.7. The van der Waals surface area contributed by atoms with Crippen LogP contribution in [0.5, 0.6) is 0 Å². The highest BCUT2D eigenvalue weighted by Gasteiger charge is 2.52. The zero-order chi connectivity index (χ0) is 25.9. The largest absolute Gasteiger partial charge is 0.383 e. The first-order valence-electron chi connectivity index (χ1n) is 12.6. The molecule has 3 N–H and O–H groups in total. The van der Waals surface area contributed by atoms with Crippen molar-refractivity contribution in [3.63, 3.8) is 0 Å². The van der Waals surface area contributed by atoms with Gasteiger partial charge in [0.1, 0.15) is 12.4 Å². The normalized spacial score (nSPS) is 17.1. The minimum Gasteiger partial charge on any atom is -0.383 e. The number of hydrogen-bond acceptors (Lipinski definition) is 6. The zero-order valence-corrected chi connectivity index (χ0v) is 20.6. The van der Waals surface area contributed by atoms with Gasteiger partial charge in [-0.25, -0.2) is 4.79 Å². The summed E-state index contributed by atoms with van der Waals surface area (Å²) < 4.78 is 1.24. The van der Waals surface area contributed by atoms with Gasteiger partial charge in [0.05, 0.1) is 12.0 Å². The molecule has 2 heterocycles. The first-order chi connectivity index (χ1) is 17.3. The van der Waals surface area contributed by atoms with Crippen LogP contribution in [0, 0.1) is 5.41 Å². The summed E-state index contributed by atoms with van der Waals surface area (Å²) in [6, 6.07) is 9.01. The lowest BCUT2D eigenvalue weighted by Crippen LogP contribution is -2.47. The molecule has 2 aliphatic rings. The molecule has 1 saturated carbocycles. The topological polar surface area (TPSA) is 139 Å². The van der Waals surface area contributed by atoms with E-state index >= 15 is 0 Å². The summed E-state index contributed by atoms with van der Waals surface area (Å²) in [5, 5.41) is 0.